The van der Waals surface area contributed by atoms with Crippen LogP contribution in [0.1, 0.15) is 29.8 Å². The van der Waals surface area contributed by atoms with E-state index in [1.165, 1.54) is 5.56 Å². The van der Waals surface area contributed by atoms with E-state index < -0.39 is 0 Å². The SMILES string of the molecule is Cc1cc(C)n2nc(NC(=O)CCCc3ccccc3)cc2n1. The largest absolute Gasteiger partial charge is 0.309 e. The number of aromatic nitrogens is 3. The Hall–Kier alpha value is -2.69. The van der Waals surface area contributed by atoms with Crippen molar-refractivity contribution in [1.82, 2.24) is 14.6 Å². The number of rotatable bonds is 5. The lowest BCUT2D eigenvalue weighted by atomic mass is 10.1. The van der Waals surface area contributed by atoms with E-state index in [2.05, 4.69) is 27.5 Å². The molecule has 3 aromatic rings. The van der Waals surface area contributed by atoms with Crippen molar-refractivity contribution in [2.45, 2.75) is 33.1 Å². The normalized spacial score (nSPS) is 10.9. The van der Waals surface area contributed by atoms with Gasteiger partial charge in [0.25, 0.3) is 0 Å². The molecule has 0 saturated heterocycles. The van der Waals surface area contributed by atoms with Crippen molar-refractivity contribution in [2.24, 2.45) is 0 Å². The standard InChI is InChI=1S/C18H20N4O/c1-13-11-14(2)22-17(19-13)12-16(21-22)20-18(23)10-6-9-15-7-4-3-5-8-15/h3-5,7-8,11-12H,6,9-10H2,1-2H3,(H,20,21,23). The number of carbonyl (C=O) groups excluding carboxylic acids is 1. The Labute approximate surface area is 135 Å². The molecular formula is C18H20N4O. The molecule has 23 heavy (non-hydrogen) atoms. The minimum Gasteiger partial charge on any atom is -0.309 e. The zero-order valence-electron chi connectivity index (χ0n) is 13.4. The summed E-state index contributed by atoms with van der Waals surface area (Å²) >= 11 is 0. The number of anilines is 1. The number of hydrogen-bond donors (Lipinski definition) is 1. The molecule has 2 aromatic heterocycles. The van der Waals surface area contributed by atoms with E-state index in [1.54, 1.807) is 10.6 Å². The minimum absolute atomic E-state index is 0.0151. The van der Waals surface area contributed by atoms with Crippen molar-refractivity contribution in [3.63, 3.8) is 0 Å². The molecular weight excluding hydrogens is 288 g/mol. The van der Waals surface area contributed by atoms with Crippen LogP contribution < -0.4 is 5.32 Å². The average Bonchev–Trinajstić information content (AvgIpc) is 2.91. The van der Waals surface area contributed by atoms with E-state index in [0.717, 1.165) is 29.9 Å². The van der Waals surface area contributed by atoms with Crippen molar-refractivity contribution in [1.29, 1.82) is 0 Å². The van der Waals surface area contributed by atoms with Gasteiger partial charge >= 0.3 is 0 Å². The lowest BCUT2D eigenvalue weighted by Crippen LogP contribution is -2.12. The first kappa shape index (κ1) is 15.2. The molecule has 0 radical (unpaired) electrons. The predicted octanol–water partition coefficient (Wildman–Crippen LogP) is 3.31. The monoisotopic (exact) mass is 308 g/mol. The van der Waals surface area contributed by atoms with Gasteiger partial charge in [-0.05, 0) is 38.3 Å². The van der Waals surface area contributed by atoms with Gasteiger partial charge in [-0.25, -0.2) is 9.50 Å². The zero-order valence-corrected chi connectivity index (χ0v) is 13.4. The Morgan fingerprint density at radius 1 is 1.17 bits per heavy atom. The van der Waals surface area contributed by atoms with Gasteiger partial charge in [-0.3, -0.25) is 4.79 Å². The van der Waals surface area contributed by atoms with Crippen LogP contribution in [0.5, 0.6) is 0 Å². The van der Waals surface area contributed by atoms with Crippen molar-refractivity contribution >= 4 is 17.4 Å². The summed E-state index contributed by atoms with van der Waals surface area (Å²) < 4.78 is 1.74. The molecule has 0 bridgehead atoms. The summed E-state index contributed by atoms with van der Waals surface area (Å²) in [5, 5.41) is 7.24. The number of fused-ring (bicyclic) bond motifs is 1. The molecule has 0 aliphatic rings. The lowest BCUT2D eigenvalue weighted by molar-refractivity contribution is -0.116. The van der Waals surface area contributed by atoms with Crippen LogP contribution in [0.2, 0.25) is 0 Å². The molecule has 0 aliphatic carbocycles. The number of amides is 1. The first-order valence-corrected chi connectivity index (χ1v) is 7.79. The number of nitrogens with one attached hydrogen (secondary N) is 1. The highest BCUT2D eigenvalue weighted by Gasteiger charge is 2.09. The Morgan fingerprint density at radius 3 is 2.74 bits per heavy atom. The quantitative estimate of drug-likeness (QED) is 0.786. The second kappa shape index (κ2) is 6.60. The van der Waals surface area contributed by atoms with Gasteiger partial charge in [0.1, 0.15) is 0 Å². The summed E-state index contributed by atoms with van der Waals surface area (Å²) in [6.45, 7) is 3.92. The summed E-state index contributed by atoms with van der Waals surface area (Å²) in [6.07, 6.45) is 2.20. The first-order chi connectivity index (χ1) is 11.1. The maximum Gasteiger partial charge on any atom is 0.225 e. The predicted molar refractivity (Wildman–Crippen MR) is 90.5 cm³/mol. The molecule has 0 fully saturated rings. The van der Waals surface area contributed by atoms with Crippen LogP contribution in [0.25, 0.3) is 5.65 Å². The molecule has 1 N–H and O–H groups in total. The van der Waals surface area contributed by atoms with Crippen LogP contribution >= 0.6 is 0 Å². The molecule has 118 valence electrons. The summed E-state index contributed by atoms with van der Waals surface area (Å²) in [5.41, 5.74) is 3.94. The van der Waals surface area contributed by atoms with Crippen molar-refractivity contribution in [3.05, 3.63) is 59.4 Å². The van der Waals surface area contributed by atoms with Crippen molar-refractivity contribution in [2.75, 3.05) is 5.32 Å². The van der Waals surface area contributed by atoms with E-state index in [1.807, 2.05) is 38.1 Å². The molecule has 3 rings (SSSR count). The second-order valence-corrected chi connectivity index (χ2v) is 5.73. The second-order valence-electron chi connectivity index (χ2n) is 5.73. The number of benzene rings is 1. The smallest absolute Gasteiger partial charge is 0.225 e. The highest BCUT2D eigenvalue weighted by atomic mass is 16.1. The summed E-state index contributed by atoms with van der Waals surface area (Å²) in [5.74, 6) is 0.537. The summed E-state index contributed by atoms with van der Waals surface area (Å²) in [6, 6.07) is 14.0. The van der Waals surface area contributed by atoms with Gasteiger partial charge in [0.05, 0.1) is 0 Å². The summed E-state index contributed by atoms with van der Waals surface area (Å²) in [4.78, 5) is 16.5. The molecule has 0 aliphatic heterocycles. The maximum absolute atomic E-state index is 12.1. The van der Waals surface area contributed by atoms with Gasteiger partial charge in [-0.2, -0.15) is 0 Å². The van der Waals surface area contributed by atoms with Gasteiger partial charge in [0.15, 0.2) is 11.5 Å². The third-order valence-electron chi connectivity index (χ3n) is 3.71. The highest BCUT2D eigenvalue weighted by molar-refractivity contribution is 5.90. The summed E-state index contributed by atoms with van der Waals surface area (Å²) in [7, 11) is 0. The minimum atomic E-state index is -0.0151. The van der Waals surface area contributed by atoms with E-state index in [4.69, 9.17) is 0 Å². The fourth-order valence-electron chi connectivity index (χ4n) is 2.65. The number of aryl methyl sites for hydroxylation is 3. The van der Waals surface area contributed by atoms with Gasteiger partial charge in [-0.15, -0.1) is 5.10 Å². The fourth-order valence-corrected chi connectivity index (χ4v) is 2.65. The molecule has 1 amide bonds. The Balaban J connectivity index is 1.58. The number of carbonyl (C=O) groups is 1. The number of nitrogens with zero attached hydrogens (tertiary/aromatic N) is 3. The Morgan fingerprint density at radius 2 is 1.96 bits per heavy atom. The number of hydrogen-bond acceptors (Lipinski definition) is 3. The Bertz CT molecular complexity index is 824. The third kappa shape index (κ3) is 3.74. The van der Waals surface area contributed by atoms with Gasteiger partial charge in [-0.1, -0.05) is 30.3 Å². The zero-order chi connectivity index (χ0) is 16.2. The highest BCUT2D eigenvalue weighted by Crippen LogP contribution is 2.13. The lowest BCUT2D eigenvalue weighted by Gasteiger charge is -2.02. The molecule has 2 heterocycles. The van der Waals surface area contributed by atoms with Gasteiger partial charge in [0.2, 0.25) is 5.91 Å². The molecule has 1 aromatic carbocycles. The van der Waals surface area contributed by atoms with E-state index in [9.17, 15) is 4.79 Å². The van der Waals surface area contributed by atoms with Crippen molar-refractivity contribution < 1.29 is 4.79 Å². The average molecular weight is 308 g/mol. The van der Waals surface area contributed by atoms with Crippen LogP contribution in [0.3, 0.4) is 0 Å². The molecule has 0 atom stereocenters. The molecule has 5 nitrogen and oxygen atoms in total. The topological polar surface area (TPSA) is 59.3 Å². The molecule has 0 saturated carbocycles. The first-order valence-electron chi connectivity index (χ1n) is 7.79. The van der Waals surface area contributed by atoms with Crippen LogP contribution in [0.4, 0.5) is 5.82 Å². The van der Waals surface area contributed by atoms with Crippen molar-refractivity contribution in [3.8, 4) is 0 Å². The molecule has 0 unspecified atom stereocenters. The van der Waals surface area contributed by atoms with Gasteiger partial charge in [0, 0.05) is 23.9 Å². The molecule has 5 heteroatoms. The van der Waals surface area contributed by atoms with Crippen LogP contribution in [0.15, 0.2) is 42.5 Å². The van der Waals surface area contributed by atoms with Crippen LogP contribution in [-0.4, -0.2) is 20.5 Å². The maximum atomic E-state index is 12.1. The third-order valence-corrected chi connectivity index (χ3v) is 3.71. The van der Waals surface area contributed by atoms with Crippen LogP contribution in [0, 0.1) is 13.8 Å². The van der Waals surface area contributed by atoms with Crippen LogP contribution in [-0.2, 0) is 11.2 Å². The van der Waals surface area contributed by atoms with E-state index in [0.29, 0.717) is 12.2 Å². The van der Waals surface area contributed by atoms with Gasteiger partial charge < -0.3 is 5.32 Å². The Kier molecular flexibility index (Phi) is 4.37. The fraction of sp³-hybridized carbons (Fsp3) is 0.278. The molecule has 0 spiro atoms. The van der Waals surface area contributed by atoms with E-state index in [-0.39, 0.29) is 5.91 Å². The van der Waals surface area contributed by atoms with E-state index >= 15 is 0 Å².